The smallest absolute Gasteiger partial charge is 0.154 e. The standard InChI is InChI=1S/C12H14N6S/c1-8-15-16-10(19-8)4-6-14-12-11-9(3-5-13-12)7-18(2)17-11/h3,5,7H,4,6H2,1-2H3,(H,13,14). The van der Waals surface area contributed by atoms with E-state index in [0.717, 1.165) is 39.7 Å². The minimum absolute atomic E-state index is 0.775. The summed E-state index contributed by atoms with van der Waals surface area (Å²) < 4.78 is 1.80. The number of fused-ring (bicyclic) bond motifs is 1. The molecule has 3 heterocycles. The fourth-order valence-corrected chi connectivity index (χ4v) is 2.63. The van der Waals surface area contributed by atoms with Crippen LogP contribution in [-0.2, 0) is 13.5 Å². The molecule has 0 saturated carbocycles. The summed E-state index contributed by atoms with van der Waals surface area (Å²) in [6, 6.07) is 1.96. The van der Waals surface area contributed by atoms with Crippen molar-refractivity contribution in [3.63, 3.8) is 0 Å². The van der Waals surface area contributed by atoms with E-state index in [9.17, 15) is 0 Å². The number of nitrogens with one attached hydrogen (secondary N) is 1. The molecule has 0 fully saturated rings. The minimum Gasteiger partial charge on any atom is -0.368 e. The predicted molar refractivity (Wildman–Crippen MR) is 75.3 cm³/mol. The van der Waals surface area contributed by atoms with E-state index in [-0.39, 0.29) is 0 Å². The fraction of sp³-hybridized carbons (Fsp3) is 0.333. The highest BCUT2D eigenvalue weighted by Gasteiger charge is 2.06. The zero-order valence-electron chi connectivity index (χ0n) is 10.8. The maximum absolute atomic E-state index is 4.41. The summed E-state index contributed by atoms with van der Waals surface area (Å²) >= 11 is 1.63. The van der Waals surface area contributed by atoms with E-state index < -0.39 is 0 Å². The van der Waals surface area contributed by atoms with Crippen LogP contribution in [-0.4, -0.2) is 31.5 Å². The van der Waals surface area contributed by atoms with Gasteiger partial charge in [-0.15, -0.1) is 21.5 Å². The van der Waals surface area contributed by atoms with Gasteiger partial charge in [0.05, 0.1) is 0 Å². The molecule has 98 valence electrons. The summed E-state index contributed by atoms with van der Waals surface area (Å²) in [5.74, 6) is 0.819. The average molecular weight is 274 g/mol. The molecule has 0 aromatic carbocycles. The van der Waals surface area contributed by atoms with Gasteiger partial charge in [-0.1, -0.05) is 0 Å². The molecule has 0 amide bonds. The van der Waals surface area contributed by atoms with Gasteiger partial charge in [-0.25, -0.2) is 4.98 Å². The van der Waals surface area contributed by atoms with Crippen molar-refractivity contribution in [3.05, 3.63) is 28.5 Å². The van der Waals surface area contributed by atoms with Crippen molar-refractivity contribution >= 4 is 28.1 Å². The molecule has 1 N–H and O–H groups in total. The summed E-state index contributed by atoms with van der Waals surface area (Å²) in [5, 5.41) is 19.0. The van der Waals surface area contributed by atoms with Crippen LogP contribution in [0, 0.1) is 6.92 Å². The van der Waals surface area contributed by atoms with Crippen LogP contribution in [0.3, 0.4) is 0 Å². The summed E-state index contributed by atoms with van der Waals surface area (Å²) in [6.07, 6.45) is 4.62. The van der Waals surface area contributed by atoms with Crippen molar-refractivity contribution in [1.29, 1.82) is 0 Å². The Morgan fingerprint density at radius 2 is 2.26 bits per heavy atom. The molecule has 7 heteroatoms. The van der Waals surface area contributed by atoms with Gasteiger partial charge in [0, 0.05) is 37.8 Å². The van der Waals surface area contributed by atoms with Gasteiger partial charge in [0.2, 0.25) is 0 Å². The summed E-state index contributed by atoms with van der Waals surface area (Å²) in [6.45, 7) is 2.74. The van der Waals surface area contributed by atoms with Crippen LogP contribution in [0.15, 0.2) is 18.5 Å². The maximum atomic E-state index is 4.41. The number of anilines is 1. The Hall–Kier alpha value is -2.02. The van der Waals surface area contributed by atoms with E-state index in [1.807, 2.05) is 26.2 Å². The van der Waals surface area contributed by atoms with Crippen LogP contribution in [0.5, 0.6) is 0 Å². The lowest BCUT2D eigenvalue weighted by Gasteiger charge is -2.03. The first-order chi connectivity index (χ1) is 9.22. The molecule has 0 aliphatic heterocycles. The van der Waals surface area contributed by atoms with Gasteiger partial charge in [0.1, 0.15) is 15.5 Å². The van der Waals surface area contributed by atoms with E-state index in [4.69, 9.17) is 0 Å². The Bertz CT molecular complexity index is 701. The molecule has 0 unspecified atom stereocenters. The van der Waals surface area contributed by atoms with Gasteiger partial charge in [-0.3, -0.25) is 4.68 Å². The molecule has 19 heavy (non-hydrogen) atoms. The lowest BCUT2D eigenvalue weighted by atomic mass is 10.3. The van der Waals surface area contributed by atoms with E-state index >= 15 is 0 Å². The molecule has 3 aromatic rings. The zero-order chi connectivity index (χ0) is 13.2. The monoisotopic (exact) mass is 274 g/mol. The Morgan fingerprint density at radius 3 is 3.05 bits per heavy atom. The molecular formula is C12H14N6S. The van der Waals surface area contributed by atoms with Crippen LogP contribution >= 0.6 is 11.3 Å². The third-order valence-corrected chi connectivity index (χ3v) is 3.64. The zero-order valence-corrected chi connectivity index (χ0v) is 11.6. The second-order valence-electron chi connectivity index (χ2n) is 4.29. The van der Waals surface area contributed by atoms with E-state index in [0.29, 0.717) is 0 Å². The number of nitrogens with zero attached hydrogens (tertiary/aromatic N) is 5. The van der Waals surface area contributed by atoms with Crippen molar-refractivity contribution in [3.8, 4) is 0 Å². The first-order valence-electron chi connectivity index (χ1n) is 6.03. The van der Waals surface area contributed by atoms with E-state index in [2.05, 4.69) is 25.6 Å². The van der Waals surface area contributed by atoms with Gasteiger partial charge in [0.15, 0.2) is 5.82 Å². The fourth-order valence-electron chi connectivity index (χ4n) is 1.92. The van der Waals surface area contributed by atoms with Gasteiger partial charge in [-0.05, 0) is 13.0 Å². The van der Waals surface area contributed by atoms with Crippen LogP contribution in [0.2, 0.25) is 0 Å². The Kier molecular flexibility index (Phi) is 3.12. The molecule has 0 spiro atoms. The first-order valence-corrected chi connectivity index (χ1v) is 6.85. The minimum atomic E-state index is 0.775. The average Bonchev–Trinajstić information content (AvgIpc) is 2.95. The number of hydrogen-bond donors (Lipinski definition) is 1. The Morgan fingerprint density at radius 1 is 1.37 bits per heavy atom. The number of pyridine rings is 1. The van der Waals surface area contributed by atoms with Crippen molar-refractivity contribution < 1.29 is 0 Å². The molecule has 6 nitrogen and oxygen atoms in total. The third-order valence-electron chi connectivity index (χ3n) is 2.74. The first kappa shape index (κ1) is 12.0. The Labute approximate surface area is 114 Å². The largest absolute Gasteiger partial charge is 0.368 e. The van der Waals surface area contributed by atoms with Crippen molar-refractivity contribution in [2.24, 2.45) is 7.05 Å². The molecule has 3 rings (SSSR count). The quantitative estimate of drug-likeness (QED) is 0.785. The highest BCUT2D eigenvalue weighted by Crippen LogP contribution is 2.18. The molecule has 0 aliphatic rings. The van der Waals surface area contributed by atoms with Crippen molar-refractivity contribution in [1.82, 2.24) is 25.0 Å². The number of rotatable bonds is 4. The highest BCUT2D eigenvalue weighted by molar-refractivity contribution is 7.11. The number of aryl methyl sites for hydroxylation is 2. The lowest BCUT2D eigenvalue weighted by Crippen LogP contribution is -2.06. The Balaban J connectivity index is 1.71. The maximum Gasteiger partial charge on any atom is 0.154 e. The normalized spacial score (nSPS) is 11.1. The summed E-state index contributed by atoms with van der Waals surface area (Å²) in [5.41, 5.74) is 0.901. The SMILES string of the molecule is Cc1nnc(CCNc2nccc3cn(C)nc23)s1. The van der Waals surface area contributed by atoms with Crippen LogP contribution in [0.4, 0.5) is 5.82 Å². The van der Waals surface area contributed by atoms with Gasteiger partial charge < -0.3 is 5.32 Å². The third kappa shape index (κ3) is 2.55. The van der Waals surface area contributed by atoms with E-state index in [1.54, 1.807) is 22.2 Å². The summed E-state index contributed by atoms with van der Waals surface area (Å²) in [4.78, 5) is 4.34. The van der Waals surface area contributed by atoms with Crippen LogP contribution in [0.25, 0.3) is 10.9 Å². The molecule has 0 aliphatic carbocycles. The van der Waals surface area contributed by atoms with Crippen LogP contribution in [0.1, 0.15) is 10.0 Å². The predicted octanol–water partition coefficient (Wildman–Crippen LogP) is 1.78. The summed E-state index contributed by atoms with van der Waals surface area (Å²) in [7, 11) is 1.91. The van der Waals surface area contributed by atoms with Crippen molar-refractivity contribution in [2.75, 3.05) is 11.9 Å². The molecule has 0 bridgehead atoms. The van der Waals surface area contributed by atoms with E-state index in [1.165, 1.54) is 0 Å². The molecular weight excluding hydrogens is 260 g/mol. The molecule has 3 aromatic heterocycles. The molecule has 0 radical (unpaired) electrons. The lowest BCUT2D eigenvalue weighted by molar-refractivity contribution is 0.779. The molecule has 0 atom stereocenters. The van der Waals surface area contributed by atoms with Gasteiger partial charge >= 0.3 is 0 Å². The van der Waals surface area contributed by atoms with Gasteiger partial charge in [0.25, 0.3) is 0 Å². The highest BCUT2D eigenvalue weighted by atomic mass is 32.1. The number of aromatic nitrogens is 5. The number of hydrogen-bond acceptors (Lipinski definition) is 6. The topological polar surface area (TPSA) is 68.5 Å². The molecule has 0 saturated heterocycles. The second kappa shape index (κ2) is 4.93. The van der Waals surface area contributed by atoms with Crippen LogP contribution < -0.4 is 5.32 Å². The van der Waals surface area contributed by atoms with Crippen molar-refractivity contribution in [2.45, 2.75) is 13.3 Å². The second-order valence-corrected chi connectivity index (χ2v) is 5.56. The van der Waals surface area contributed by atoms with Gasteiger partial charge in [-0.2, -0.15) is 5.10 Å².